The van der Waals surface area contributed by atoms with E-state index in [1.54, 1.807) is 0 Å². The van der Waals surface area contributed by atoms with Crippen molar-refractivity contribution in [2.24, 2.45) is 17.8 Å². The molecule has 2 heterocycles. The summed E-state index contributed by atoms with van der Waals surface area (Å²) >= 11 is 0. The van der Waals surface area contributed by atoms with Crippen LogP contribution in [0.2, 0.25) is 0 Å². The van der Waals surface area contributed by atoms with E-state index in [-0.39, 0.29) is 0 Å². The number of fused-ring (bicyclic) bond motifs is 5. The molecule has 0 spiro atoms. The molecule has 2 fully saturated rings. The van der Waals surface area contributed by atoms with E-state index in [0.717, 1.165) is 41.0 Å². The van der Waals surface area contributed by atoms with Crippen LogP contribution in [0.4, 0.5) is 0 Å². The number of rotatable bonds is 6. The van der Waals surface area contributed by atoms with Crippen molar-refractivity contribution in [1.82, 2.24) is 14.8 Å². The predicted molar refractivity (Wildman–Crippen MR) is 154 cm³/mol. The van der Waals surface area contributed by atoms with Gasteiger partial charge >= 0.3 is 0 Å². The number of hydrogen-bond acceptors (Lipinski definition) is 4. The average molecular weight is 512 g/mol. The van der Waals surface area contributed by atoms with Gasteiger partial charge in [0.15, 0.2) is 0 Å². The molecule has 0 aliphatic heterocycles. The Morgan fingerprint density at radius 3 is 2.10 bits per heavy atom. The Labute approximate surface area is 227 Å². The standard InChI is InChI=1S/C34H29N3O2/c1-3-13-31-29(11-1)30-12-2-4-14-32(30)37(31)27-9-5-7-24(19-27)33-35-36-34(39-33)25-8-6-10-28(20-25)38-21-26-18-22-15-16-23(26)17-22/h1-14,19-20,22-23,26H,15-18,21H2. The molecule has 3 unspecified atom stereocenters. The fraction of sp³-hybridized carbons (Fsp3) is 0.235. The van der Waals surface area contributed by atoms with E-state index < -0.39 is 0 Å². The minimum absolute atomic E-state index is 0.498. The Kier molecular flexibility index (Phi) is 5.28. The van der Waals surface area contributed by atoms with Crippen molar-refractivity contribution >= 4 is 21.8 Å². The largest absolute Gasteiger partial charge is 0.493 e. The lowest BCUT2D eigenvalue weighted by Gasteiger charge is -2.21. The van der Waals surface area contributed by atoms with Crippen LogP contribution in [-0.2, 0) is 0 Å². The van der Waals surface area contributed by atoms with Gasteiger partial charge in [-0.3, -0.25) is 0 Å². The van der Waals surface area contributed by atoms with Gasteiger partial charge in [-0.05, 0) is 85.5 Å². The lowest BCUT2D eigenvalue weighted by molar-refractivity contribution is 0.195. The lowest BCUT2D eigenvalue weighted by Crippen LogP contribution is -2.18. The number of ether oxygens (including phenoxy) is 1. The van der Waals surface area contributed by atoms with Gasteiger partial charge in [0.1, 0.15) is 5.75 Å². The number of hydrogen-bond donors (Lipinski definition) is 0. The summed E-state index contributed by atoms with van der Waals surface area (Å²) in [5.41, 5.74) is 5.16. The molecule has 2 aliphatic rings. The summed E-state index contributed by atoms with van der Waals surface area (Å²) in [6.45, 7) is 0.801. The molecular weight excluding hydrogens is 482 g/mol. The molecule has 5 heteroatoms. The first kappa shape index (κ1) is 22.6. The zero-order chi connectivity index (χ0) is 25.8. The molecule has 8 rings (SSSR count). The van der Waals surface area contributed by atoms with E-state index in [1.807, 2.05) is 36.4 Å². The van der Waals surface area contributed by atoms with Crippen molar-refractivity contribution in [2.45, 2.75) is 25.7 Å². The summed E-state index contributed by atoms with van der Waals surface area (Å²) in [5.74, 6) is 4.35. The molecule has 39 heavy (non-hydrogen) atoms. The predicted octanol–water partition coefficient (Wildman–Crippen LogP) is 8.32. The van der Waals surface area contributed by atoms with E-state index in [4.69, 9.17) is 9.15 Å². The van der Waals surface area contributed by atoms with Crippen LogP contribution in [0.3, 0.4) is 0 Å². The van der Waals surface area contributed by atoms with Gasteiger partial charge < -0.3 is 13.7 Å². The highest BCUT2D eigenvalue weighted by Gasteiger charge is 2.39. The molecule has 2 aromatic heterocycles. The maximum Gasteiger partial charge on any atom is 0.248 e. The molecule has 0 saturated heterocycles. The zero-order valence-corrected chi connectivity index (χ0v) is 21.7. The molecule has 4 aromatic carbocycles. The molecule has 5 nitrogen and oxygen atoms in total. The van der Waals surface area contributed by atoms with Crippen molar-refractivity contribution in [3.8, 4) is 34.3 Å². The number of benzene rings is 4. The van der Waals surface area contributed by atoms with Gasteiger partial charge in [0.25, 0.3) is 0 Å². The highest BCUT2D eigenvalue weighted by atomic mass is 16.5. The summed E-state index contributed by atoms with van der Waals surface area (Å²) in [5, 5.41) is 11.3. The van der Waals surface area contributed by atoms with Crippen LogP contribution in [0.5, 0.6) is 5.75 Å². The maximum absolute atomic E-state index is 6.23. The fourth-order valence-corrected chi connectivity index (χ4v) is 6.94. The first-order chi connectivity index (χ1) is 19.3. The van der Waals surface area contributed by atoms with Gasteiger partial charge in [-0.1, -0.05) is 55.0 Å². The molecule has 0 N–H and O–H groups in total. The minimum Gasteiger partial charge on any atom is -0.493 e. The third-order valence-corrected chi connectivity index (χ3v) is 8.79. The Morgan fingerprint density at radius 1 is 0.718 bits per heavy atom. The van der Waals surface area contributed by atoms with Crippen LogP contribution in [0.25, 0.3) is 50.4 Å². The van der Waals surface area contributed by atoms with E-state index in [1.165, 1.54) is 47.5 Å². The van der Waals surface area contributed by atoms with Crippen LogP contribution in [-0.4, -0.2) is 21.4 Å². The quantitative estimate of drug-likeness (QED) is 0.226. The second-order valence-electron chi connectivity index (χ2n) is 11.1. The van der Waals surface area contributed by atoms with Crippen LogP contribution < -0.4 is 4.74 Å². The second kappa shape index (κ2) is 9.12. The average Bonchev–Trinajstić information content (AvgIpc) is 3.79. The number of para-hydroxylation sites is 2. The van der Waals surface area contributed by atoms with Crippen molar-refractivity contribution in [2.75, 3.05) is 6.61 Å². The second-order valence-corrected chi connectivity index (χ2v) is 11.1. The van der Waals surface area contributed by atoms with Gasteiger partial charge in [-0.2, -0.15) is 0 Å². The van der Waals surface area contributed by atoms with Crippen molar-refractivity contribution in [1.29, 1.82) is 0 Å². The topological polar surface area (TPSA) is 53.1 Å². The summed E-state index contributed by atoms with van der Waals surface area (Å²) in [6.07, 6.45) is 5.51. The summed E-state index contributed by atoms with van der Waals surface area (Å²) < 4.78 is 14.7. The summed E-state index contributed by atoms with van der Waals surface area (Å²) in [6, 6.07) is 33.4. The van der Waals surface area contributed by atoms with Gasteiger partial charge in [0.2, 0.25) is 11.8 Å². The Bertz CT molecular complexity index is 1760. The van der Waals surface area contributed by atoms with Gasteiger partial charge in [0, 0.05) is 27.6 Å². The van der Waals surface area contributed by atoms with Crippen LogP contribution in [0.1, 0.15) is 25.7 Å². The van der Waals surface area contributed by atoms with E-state index in [0.29, 0.717) is 17.7 Å². The Balaban J connectivity index is 1.08. The summed E-state index contributed by atoms with van der Waals surface area (Å²) in [7, 11) is 0. The number of aromatic nitrogens is 3. The SMILES string of the molecule is c1cc(OCC2CC3CCC2C3)cc(-c2nnc(-c3cccc(-n4c5ccccc5c5ccccc54)c3)o2)c1. The van der Waals surface area contributed by atoms with Crippen molar-refractivity contribution < 1.29 is 9.15 Å². The molecule has 192 valence electrons. The molecule has 3 atom stereocenters. The lowest BCUT2D eigenvalue weighted by atomic mass is 9.89. The van der Waals surface area contributed by atoms with Crippen LogP contribution in [0.15, 0.2) is 101 Å². The molecule has 6 aromatic rings. The molecular formula is C34H29N3O2. The minimum atomic E-state index is 0.498. The highest BCUT2D eigenvalue weighted by Crippen LogP contribution is 2.48. The smallest absolute Gasteiger partial charge is 0.248 e. The fourth-order valence-electron chi connectivity index (χ4n) is 6.94. The van der Waals surface area contributed by atoms with E-state index in [9.17, 15) is 0 Å². The van der Waals surface area contributed by atoms with E-state index >= 15 is 0 Å². The normalized spacial score (nSPS) is 20.3. The third kappa shape index (κ3) is 3.92. The molecule has 2 saturated carbocycles. The Hall–Kier alpha value is -4.38. The first-order valence-corrected chi connectivity index (χ1v) is 14.0. The Morgan fingerprint density at radius 2 is 1.41 bits per heavy atom. The first-order valence-electron chi connectivity index (χ1n) is 14.0. The van der Waals surface area contributed by atoms with Gasteiger partial charge in [0.05, 0.1) is 17.6 Å². The zero-order valence-electron chi connectivity index (χ0n) is 21.7. The molecule has 2 bridgehead atoms. The molecule has 0 amide bonds. The van der Waals surface area contributed by atoms with Crippen molar-refractivity contribution in [3.05, 3.63) is 97.1 Å². The monoisotopic (exact) mass is 511 g/mol. The van der Waals surface area contributed by atoms with Crippen molar-refractivity contribution in [3.63, 3.8) is 0 Å². The van der Waals surface area contributed by atoms with E-state index in [2.05, 4.69) is 75.4 Å². The molecule has 2 aliphatic carbocycles. The third-order valence-electron chi connectivity index (χ3n) is 8.79. The summed E-state index contributed by atoms with van der Waals surface area (Å²) in [4.78, 5) is 0. The van der Waals surface area contributed by atoms with Gasteiger partial charge in [-0.15, -0.1) is 10.2 Å². The van der Waals surface area contributed by atoms with Crippen LogP contribution in [0, 0.1) is 17.8 Å². The maximum atomic E-state index is 6.23. The van der Waals surface area contributed by atoms with Crippen LogP contribution >= 0.6 is 0 Å². The number of nitrogens with zero attached hydrogens (tertiary/aromatic N) is 3. The van der Waals surface area contributed by atoms with Gasteiger partial charge in [-0.25, -0.2) is 0 Å². The highest BCUT2D eigenvalue weighted by molar-refractivity contribution is 6.09. The molecule has 0 radical (unpaired) electrons.